The number of nitrogens with zero attached hydrogens (tertiary/aromatic N) is 3. The van der Waals surface area contributed by atoms with Gasteiger partial charge in [-0.1, -0.05) is 24.3 Å². The third-order valence-electron chi connectivity index (χ3n) is 4.36. The summed E-state index contributed by atoms with van der Waals surface area (Å²) in [7, 11) is 0. The van der Waals surface area contributed by atoms with Crippen molar-refractivity contribution in [2.24, 2.45) is 0 Å². The fourth-order valence-electron chi connectivity index (χ4n) is 3.07. The highest BCUT2D eigenvalue weighted by Gasteiger charge is 2.17. The van der Waals surface area contributed by atoms with E-state index >= 15 is 0 Å². The van der Waals surface area contributed by atoms with Crippen molar-refractivity contribution in [1.82, 2.24) is 20.2 Å². The molecular formula is C23H25N7O2. The first-order chi connectivity index (χ1) is 15.3. The summed E-state index contributed by atoms with van der Waals surface area (Å²) in [5, 5.41) is 17.2. The lowest BCUT2D eigenvalue weighted by molar-refractivity contribution is 0.0636. The van der Waals surface area contributed by atoms with Gasteiger partial charge in [0.05, 0.1) is 16.9 Å². The third kappa shape index (κ3) is 5.12. The van der Waals surface area contributed by atoms with Crippen LogP contribution in [0.25, 0.3) is 10.9 Å². The van der Waals surface area contributed by atoms with Gasteiger partial charge < -0.3 is 15.4 Å². The molecule has 2 aromatic heterocycles. The van der Waals surface area contributed by atoms with Crippen LogP contribution in [0.2, 0.25) is 0 Å². The van der Waals surface area contributed by atoms with Gasteiger partial charge in [-0.15, -0.1) is 0 Å². The van der Waals surface area contributed by atoms with Gasteiger partial charge in [-0.3, -0.25) is 10.4 Å². The Hall–Kier alpha value is -4.14. The minimum absolute atomic E-state index is 0.372. The van der Waals surface area contributed by atoms with Gasteiger partial charge in [-0.2, -0.15) is 10.1 Å². The Kier molecular flexibility index (Phi) is 5.63. The van der Waals surface area contributed by atoms with Crippen LogP contribution < -0.4 is 16.0 Å². The summed E-state index contributed by atoms with van der Waals surface area (Å²) >= 11 is 0. The second-order valence-electron chi connectivity index (χ2n) is 8.27. The highest BCUT2D eigenvalue weighted by molar-refractivity contribution is 5.93. The maximum absolute atomic E-state index is 12.3. The summed E-state index contributed by atoms with van der Waals surface area (Å²) in [6.45, 7) is 7.37. The first-order valence-corrected chi connectivity index (χ1v) is 10.2. The van der Waals surface area contributed by atoms with Crippen molar-refractivity contribution in [1.29, 1.82) is 0 Å². The van der Waals surface area contributed by atoms with Gasteiger partial charge in [0, 0.05) is 17.1 Å². The molecule has 0 aliphatic carbocycles. The second kappa shape index (κ2) is 8.54. The van der Waals surface area contributed by atoms with E-state index in [4.69, 9.17) is 4.74 Å². The summed E-state index contributed by atoms with van der Waals surface area (Å²) in [5.74, 6) is 1.64. The van der Waals surface area contributed by atoms with E-state index in [2.05, 4.69) is 36.1 Å². The number of amides is 1. The molecule has 0 unspecified atom stereocenters. The molecule has 0 bridgehead atoms. The number of anilines is 5. The molecule has 4 N–H and O–H groups in total. The Morgan fingerprint density at radius 2 is 1.69 bits per heavy atom. The summed E-state index contributed by atoms with van der Waals surface area (Å²) in [6, 6.07) is 16.9. The number of ether oxygens (including phenoxy) is 1. The maximum Gasteiger partial charge on any atom is 0.412 e. The van der Waals surface area contributed by atoms with E-state index in [1.807, 2.05) is 76.2 Å². The molecule has 0 saturated heterocycles. The SMILES string of the molecule is Cc1cc(Nc2nc(Nc3ccccc3NC(=O)OC(C)(C)C)nc3ccccc23)n[nH]1. The normalized spacial score (nSPS) is 11.2. The molecule has 0 aliphatic rings. The van der Waals surface area contributed by atoms with Crippen molar-refractivity contribution < 1.29 is 9.53 Å². The first-order valence-electron chi connectivity index (χ1n) is 10.2. The molecule has 9 heteroatoms. The Balaban J connectivity index is 1.64. The molecule has 164 valence electrons. The minimum Gasteiger partial charge on any atom is -0.444 e. The van der Waals surface area contributed by atoms with Crippen molar-refractivity contribution in [2.75, 3.05) is 16.0 Å². The smallest absolute Gasteiger partial charge is 0.412 e. The number of hydrogen-bond donors (Lipinski definition) is 4. The van der Waals surface area contributed by atoms with Crippen LogP contribution in [0.4, 0.5) is 33.8 Å². The number of H-pyrrole nitrogens is 1. The maximum atomic E-state index is 12.3. The van der Waals surface area contributed by atoms with E-state index in [-0.39, 0.29) is 0 Å². The molecule has 2 heterocycles. The molecule has 0 aliphatic heterocycles. The number of rotatable bonds is 5. The van der Waals surface area contributed by atoms with E-state index in [1.54, 1.807) is 6.07 Å². The predicted molar refractivity (Wildman–Crippen MR) is 126 cm³/mol. The number of aromatic nitrogens is 4. The first kappa shape index (κ1) is 21.1. The molecule has 0 fully saturated rings. The zero-order chi connectivity index (χ0) is 22.7. The van der Waals surface area contributed by atoms with Crippen LogP contribution in [0.3, 0.4) is 0 Å². The fraction of sp³-hybridized carbons (Fsp3) is 0.217. The van der Waals surface area contributed by atoms with E-state index in [0.717, 1.165) is 16.6 Å². The minimum atomic E-state index is -0.598. The van der Waals surface area contributed by atoms with Gasteiger partial charge in [-0.25, -0.2) is 9.78 Å². The predicted octanol–water partition coefficient (Wildman–Crippen LogP) is 5.50. The molecule has 4 aromatic rings. The van der Waals surface area contributed by atoms with Crippen molar-refractivity contribution in [3.05, 3.63) is 60.3 Å². The second-order valence-corrected chi connectivity index (χ2v) is 8.27. The quantitative estimate of drug-likeness (QED) is 0.330. The zero-order valence-corrected chi connectivity index (χ0v) is 18.4. The van der Waals surface area contributed by atoms with Crippen molar-refractivity contribution >= 4 is 46.0 Å². The number of nitrogens with one attached hydrogen (secondary N) is 4. The summed E-state index contributed by atoms with van der Waals surface area (Å²) < 4.78 is 5.36. The number of carbonyl (C=O) groups is 1. The van der Waals surface area contributed by atoms with E-state index in [0.29, 0.717) is 29.0 Å². The number of aromatic amines is 1. The number of carbonyl (C=O) groups excluding carboxylic acids is 1. The van der Waals surface area contributed by atoms with Crippen LogP contribution in [-0.4, -0.2) is 31.9 Å². The monoisotopic (exact) mass is 431 g/mol. The van der Waals surface area contributed by atoms with Gasteiger partial charge in [0.25, 0.3) is 0 Å². The molecule has 1 amide bonds. The molecule has 0 radical (unpaired) electrons. The number of hydrogen-bond acceptors (Lipinski definition) is 7. The molecule has 9 nitrogen and oxygen atoms in total. The van der Waals surface area contributed by atoms with E-state index in [1.165, 1.54) is 0 Å². The number of para-hydroxylation sites is 3. The van der Waals surface area contributed by atoms with Crippen LogP contribution in [0, 0.1) is 6.92 Å². The summed E-state index contributed by atoms with van der Waals surface area (Å²) in [4.78, 5) is 21.5. The number of aryl methyl sites for hydroxylation is 1. The molecule has 0 atom stereocenters. The van der Waals surface area contributed by atoms with E-state index < -0.39 is 11.7 Å². The molecular weight excluding hydrogens is 406 g/mol. The average molecular weight is 432 g/mol. The van der Waals surface area contributed by atoms with Gasteiger partial charge in [0.15, 0.2) is 5.82 Å². The van der Waals surface area contributed by atoms with Crippen LogP contribution >= 0.6 is 0 Å². The van der Waals surface area contributed by atoms with Crippen molar-refractivity contribution in [2.45, 2.75) is 33.3 Å². The lowest BCUT2D eigenvalue weighted by atomic mass is 10.2. The Bertz CT molecular complexity index is 1260. The number of fused-ring (bicyclic) bond motifs is 1. The highest BCUT2D eigenvalue weighted by Crippen LogP contribution is 2.28. The van der Waals surface area contributed by atoms with Crippen LogP contribution in [-0.2, 0) is 4.74 Å². The Morgan fingerprint density at radius 3 is 2.41 bits per heavy atom. The summed E-state index contributed by atoms with van der Waals surface area (Å²) in [5.41, 5.74) is 2.29. The molecule has 0 spiro atoms. The van der Waals surface area contributed by atoms with Crippen molar-refractivity contribution in [3.8, 4) is 0 Å². The van der Waals surface area contributed by atoms with Crippen LogP contribution in [0.5, 0.6) is 0 Å². The molecule has 32 heavy (non-hydrogen) atoms. The zero-order valence-electron chi connectivity index (χ0n) is 18.4. The fourth-order valence-corrected chi connectivity index (χ4v) is 3.07. The lowest BCUT2D eigenvalue weighted by Gasteiger charge is -2.20. The highest BCUT2D eigenvalue weighted by atomic mass is 16.6. The van der Waals surface area contributed by atoms with E-state index in [9.17, 15) is 4.79 Å². The topological polar surface area (TPSA) is 117 Å². The van der Waals surface area contributed by atoms with Crippen LogP contribution in [0.15, 0.2) is 54.6 Å². The Morgan fingerprint density at radius 1 is 0.969 bits per heavy atom. The van der Waals surface area contributed by atoms with Crippen LogP contribution in [0.1, 0.15) is 26.5 Å². The van der Waals surface area contributed by atoms with Gasteiger partial charge >= 0.3 is 6.09 Å². The van der Waals surface area contributed by atoms with Gasteiger partial charge in [0.2, 0.25) is 5.95 Å². The Labute approximate surface area is 185 Å². The van der Waals surface area contributed by atoms with Gasteiger partial charge in [-0.05, 0) is 52.0 Å². The molecule has 4 rings (SSSR count). The third-order valence-corrected chi connectivity index (χ3v) is 4.36. The largest absolute Gasteiger partial charge is 0.444 e. The van der Waals surface area contributed by atoms with Gasteiger partial charge in [0.1, 0.15) is 11.4 Å². The number of benzene rings is 2. The molecule has 2 aromatic carbocycles. The molecule has 0 saturated carbocycles. The summed E-state index contributed by atoms with van der Waals surface area (Å²) in [6.07, 6.45) is -0.539. The lowest BCUT2D eigenvalue weighted by Crippen LogP contribution is -2.27. The average Bonchev–Trinajstić information content (AvgIpc) is 3.13. The van der Waals surface area contributed by atoms with Crippen molar-refractivity contribution in [3.63, 3.8) is 0 Å². The standard InChI is InChI=1S/C23H25N7O2/c1-14-13-19(30-29-14)27-20-15-9-5-6-10-16(15)24-21(28-20)25-17-11-7-8-12-18(17)26-22(31)32-23(2,3)4/h5-13H,1-4H3,(H,26,31)(H3,24,25,27,28,29,30).